The summed E-state index contributed by atoms with van der Waals surface area (Å²) in [6.07, 6.45) is 8.38. The van der Waals surface area contributed by atoms with Gasteiger partial charge in [-0.1, -0.05) is 39.0 Å². The molecule has 0 bridgehead atoms. The van der Waals surface area contributed by atoms with Gasteiger partial charge in [-0.3, -0.25) is 0 Å². The fraction of sp³-hybridized carbons (Fsp3) is 0.407. The minimum absolute atomic E-state index is 0.273. The molecule has 2 aliphatic rings. The summed E-state index contributed by atoms with van der Waals surface area (Å²) < 4.78 is 18.4. The van der Waals surface area contributed by atoms with E-state index >= 15 is 0 Å². The molecule has 5 rings (SSSR count). The number of aryl methyl sites for hydroxylation is 1. The molecule has 176 valence electrons. The lowest BCUT2D eigenvalue weighted by Gasteiger charge is -2.17. The average Bonchev–Trinajstić information content (AvgIpc) is 3.50. The van der Waals surface area contributed by atoms with Crippen molar-refractivity contribution in [3.8, 4) is 16.9 Å². The van der Waals surface area contributed by atoms with E-state index in [0.717, 1.165) is 35.3 Å². The molecule has 0 spiro atoms. The van der Waals surface area contributed by atoms with Gasteiger partial charge in [0.05, 0.1) is 7.11 Å². The zero-order chi connectivity index (χ0) is 23.8. The van der Waals surface area contributed by atoms with Crippen LogP contribution in [0.15, 0.2) is 59.8 Å². The lowest BCUT2D eigenvalue weighted by molar-refractivity contribution is 0.386. The van der Waals surface area contributed by atoms with Crippen molar-refractivity contribution in [3.05, 3.63) is 66.2 Å². The SMILES string of the molecule is CC.CCc1cnc(N2CC3CC3C2)nc1.COc1ccc(-c2ccc(SC)cc2)cc1F. The smallest absolute Gasteiger partial charge is 0.225 e. The highest BCUT2D eigenvalue weighted by Crippen LogP contribution is 2.45. The standard InChI is InChI=1S/C14H13FOS.C11H15N3.C2H6/c1-16-14-8-5-11(9-13(14)15)10-3-6-12(17-2)7-4-10;1-2-8-4-12-11(13-5-8)14-6-9-3-10(9)7-14;1-2/h3-9H,1-2H3;4-5,9-10H,2-3,6-7H2,1H3;1-2H3. The molecular formula is C27H34FN3OS. The Balaban J connectivity index is 0.000000175. The number of piperidine rings is 1. The number of methoxy groups -OCH3 is 1. The third-order valence-corrected chi connectivity index (χ3v) is 6.68. The number of fused-ring (bicyclic) bond motifs is 1. The first-order valence-corrected chi connectivity index (χ1v) is 12.9. The highest BCUT2D eigenvalue weighted by atomic mass is 32.2. The van der Waals surface area contributed by atoms with Crippen LogP contribution in [0.25, 0.3) is 11.1 Å². The van der Waals surface area contributed by atoms with Crippen LogP contribution in [0, 0.1) is 17.7 Å². The molecule has 2 fully saturated rings. The van der Waals surface area contributed by atoms with Gasteiger partial charge in [0.1, 0.15) is 0 Å². The van der Waals surface area contributed by atoms with Gasteiger partial charge in [-0.15, -0.1) is 11.8 Å². The zero-order valence-corrected chi connectivity index (χ0v) is 21.0. The monoisotopic (exact) mass is 467 g/mol. The summed E-state index contributed by atoms with van der Waals surface area (Å²) in [7, 11) is 1.46. The number of halogens is 1. The highest BCUT2D eigenvalue weighted by Gasteiger charge is 2.45. The number of benzene rings is 2. The maximum atomic E-state index is 13.6. The normalized spacial score (nSPS) is 17.8. The Kier molecular flexibility index (Phi) is 9.12. The first-order chi connectivity index (χ1) is 16.1. The van der Waals surface area contributed by atoms with Crippen LogP contribution in [0.3, 0.4) is 0 Å². The minimum atomic E-state index is -0.334. The van der Waals surface area contributed by atoms with Crippen molar-refractivity contribution >= 4 is 17.7 Å². The van der Waals surface area contributed by atoms with Gasteiger partial charge in [0, 0.05) is 30.4 Å². The molecule has 1 aliphatic heterocycles. The van der Waals surface area contributed by atoms with Crippen molar-refractivity contribution in [2.75, 3.05) is 31.4 Å². The van der Waals surface area contributed by atoms with E-state index in [-0.39, 0.29) is 11.6 Å². The zero-order valence-electron chi connectivity index (χ0n) is 20.2. The molecular weight excluding hydrogens is 433 g/mol. The van der Waals surface area contributed by atoms with Crippen molar-refractivity contribution in [1.29, 1.82) is 0 Å². The van der Waals surface area contributed by atoms with E-state index in [0.29, 0.717) is 0 Å². The van der Waals surface area contributed by atoms with Gasteiger partial charge in [0.25, 0.3) is 0 Å². The third kappa shape index (κ3) is 6.47. The van der Waals surface area contributed by atoms with Gasteiger partial charge in [0.2, 0.25) is 5.95 Å². The summed E-state index contributed by atoms with van der Waals surface area (Å²) in [6, 6.07) is 13.0. The lowest BCUT2D eigenvalue weighted by Crippen LogP contribution is -2.23. The van der Waals surface area contributed by atoms with Crippen LogP contribution in [-0.4, -0.2) is 36.4 Å². The molecule has 2 unspecified atom stereocenters. The maximum Gasteiger partial charge on any atom is 0.225 e. The van der Waals surface area contributed by atoms with Crippen molar-refractivity contribution in [3.63, 3.8) is 0 Å². The quantitative estimate of drug-likeness (QED) is 0.388. The van der Waals surface area contributed by atoms with E-state index in [1.807, 2.05) is 62.8 Å². The van der Waals surface area contributed by atoms with Crippen LogP contribution in [0.5, 0.6) is 5.75 Å². The highest BCUT2D eigenvalue weighted by molar-refractivity contribution is 7.98. The van der Waals surface area contributed by atoms with E-state index in [4.69, 9.17) is 4.74 Å². The molecule has 0 N–H and O–H groups in total. The van der Waals surface area contributed by atoms with Crippen molar-refractivity contribution in [2.45, 2.75) is 38.5 Å². The number of thioether (sulfide) groups is 1. The second-order valence-corrected chi connectivity index (χ2v) is 8.86. The summed E-state index contributed by atoms with van der Waals surface area (Å²) in [4.78, 5) is 12.3. The number of nitrogens with zero attached hydrogens (tertiary/aromatic N) is 3. The average molecular weight is 468 g/mol. The molecule has 2 aromatic carbocycles. The van der Waals surface area contributed by atoms with Gasteiger partial charge in [-0.2, -0.15) is 0 Å². The predicted octanol–water partition coefficient (Wildman–Crippen LogP) is 6.74. The Hall–Kier alpha value is -2.60. The molecule has 1 saturated carbocycles. The van der Waals surface area contributed by atoms with E-state index in [9.17, 15) is 4.39 Å². The van der Waals surface area contributed by atoms with Gasteiger partial charge < -0.3 is 9.64 Å². The number of hydrogen-bond donors (Lipinski definition) is 0. The second kappa shape index (κ2) is 12.0. The van der Waals surface area contributed by atoms with Gasteiger partial charge in [-0.05, 0) is 71.9 Å². The van der Waals surface area contributed by atoms with Gasteiger partial charge >= 0.3 is 0 Å². The van der Waals surface area contributed by atoms with Crippen LogP contribution < -0.4 is 9.64 Å². The largest absolute Gasteiger partial charge is 0.494 e. The lowest BCUT2D eigenvalue weighted by atomic mass is 10.1. The summed E-state index contributed by atoms with van der Waals surface area (Å²) in [6.45, 7) is 8.48. The fourth-order valence-electron chi connectivity index (χ4n) is 3.88. The van der Waals surface area contributed by atoms with E-state index < -0.39 is 0 Å². The summed E-state index contributed by atoms with van der Waals surface area (Å²) in [5.41, 5.74) is 3.08. The molecule has 2 atom stereocenters. The molecule has 1 aromatic heterocycles. The molecule has 1 aliphatic carbocycles. The van der Waals surface area contributed by atoms with Gasteiger partial charge in [0.15, 0.2) is 11.6 Å². The first kappa shape index (κ1) is 25.0. The molecule has 0 amide bonds. The van der Waals surface area contributed by atoms with Crippen LogP contribution in [-0.2, 0) is 6.42 Å². The first-order valence-electron chi connectivity index (χ1n) is 11.6. The summed E-state index contributed by atoms with van der Waals surface area (Å²) in [5, 5.41) is 0. The van der Waals surface area contributed by atoms with E-state index in [1.165, 1.54) is 43.1 Å². The Morgan fingerprint density at radius 3 is 2.12 bits per heavy atom. The van der Waals surface area contributed by atoms with Crippen LogP contribution in [0.4, 0.5) is 10.3 Å². The van der Waals surface area contributed by atoms with Crippen molar-refractivity contribution in [2.24, 2.45) is 11.8 Å². The molecule has 6 heteroatoms. The van der Waals surface area contributed by atoms with Gasteiger partial charge in [-0.25, -0.2) is 14.4 Å². The molecule has 3 aromatic rings. The van der Waals surface area contributed by atoms with Crippen LogP contribution in [0.1, 0.15) is 32.8 Å². The van der Waals surface area contributed by atoms with Crippen LogP contribution >= 0.6 is 11.8 Å². The fourth-order valence-corrected chi connectivity index (χ4v) is 4.29. The summed E-state index contributed by atoms with van der Waals surface area (Å²) in [5.74, 6) is 2.76. The molecule has 4 nitrogen and oxygen atoms in total. The minimum Gasteiger partial charge on any atom is -0.494 e. The second-order valence-electron chi connectivity index (χ2n) is 7.98. The molecule has 33 heavy (non-hydrogen) atoms. The Morgan fingerprint density at radius 1 is 1.00 bits per heavy atom. The summed E-state index contributed by atoms with van der Waals surface area (Å²) >= 11 is 1.69. The maximum absolute atomic E-state index is 13.6. The Bertz CT molecular complexity index is 1000. The van der Waals surface area contributed by atoms with E-state index in [2.05, 4.69) is 21.8 Å². The topological polar surface area (TPSA) is 38.2 Å². The molecule has 1 saturated heterocycles. The number of aromatic nitrogens is 2. The number of rotatable bonds is 5. The van der Waals surface area contributed by atoms with Crippen LogP contribution in [0.2, 0.25) is 0 Å². The molecule has 0 radical (unpaired) electrons. The number of hydrogen-bond acceptors (Lipinski definition) is 5. The number of ether oxygens (including phenoxy) is 1. The predicted molar refractivity (Wildman–Crippen MR) is 137 cm³/mol. The molecule has 2 heterocycles. The van der Waals surface area contributed by atoms with Crippen molar-refractivity contribution < 1.29 is 9.13 Å². The van der Waals surface area contributed by atoms with Crippen molar-refractivity contribution in [1.82, 2.24) is 9.97 Å². The third-order valence-electron chi connectivity index (χ3n) is 5.94. The Labute approximate surface area is 201 Å². The van der Waals surface area contributed by atoms with E-state index in [1.54, 1.807) is 17.8 Å². The number of anilines is 1. The Morgan fingerprint density at radius 2 is 1.61 bits per heavy atom.